The van der Waals surface area contributed by atoms with Gasteiger partial charge in [0.05, 0.1) is 11.5 Å². The average molecular weight is 727 g/mol. The van der Waals surface area contributed by atoms with E-state index in [2.05, 4.69) is 52.7 Å². The van der Waals surface area contributed by atoms with Crippen molar-refractivity contribution < 1.29 is 16.8 Å². The number of sulfonamides is 2. The van der Waals surface area contributed by atoms with Crippen LogP contribution in [-0.4, -0.2) is 98.7 Å². The first-order valence-corrected chi connectivity index (χ1v) is 23.3. The van der Waals surface area contributed by atoms with Crippen LogP contribution in [-0.2, 0) is 20.0 Å². The van der Waals surface area contributed by atoms with Crippen molar-refractivity contribution in [3.8, 4) is 0 Å². The van der Waals surface area contributed by atoms with Gasteiger partial charge in [-0.25, -0.2) is 26.3 Å². The molecule has 0 aromatic heterocycles. The van der Waals surface area contributed by atoms with E-state index in [1.54, 1.807) is 0 Å². The average Bonchev–Trinajstić information content (AvgIpc) is 3.06. The number of hydrogen-bond donors (Lipinski definition) is 5. The second-order valence-corrected chi connectivity index (χ2v) is 17.0. The summed E-state index contributed by atoms with van der Waals surface area (Å²) in [5, 5.41) is 6.76. The number of rotatable bonds is 37. The second-order valence-electron chi connectivity index (χ2n) is 13.2. The minimum absolute atomic E-state index is 0.220. The monoisotopic (exact) mass is 727 g/mol. The van der Waals surface area contributed by atoms with Gasteiger partial charge in [0.2, 0.25) is 20.0 Å². The molecule has 0 aliphatic carbocycles. The Labute approximate surface area is 299 Å². The molecule has 0 radical (unpaired) electrons. The molecule has 292 valence electrons. The summed E-state index contributed by atoms with van der Waals surface area (Å²) in [5.41, 5.74) is 5.37. The summed E-state index contributed by atoms with van der Waals surface area (Å²) >= 11 is 0. The van der Waals surface area contributed by atoms with Gasteiger partial charge < -0.3 is 21.3 Å². The van der Waals surface area contributed by atoms with Gasteiger partial charge in [-0.2, -0.15) is 0 Å². The highest BCUT2D eigenvalue weighted by atomic mass is 32.2. The SMILES string of the molecule is CCCCCCCCCS(=O)(=O)NCCCN(CC)CCCNS(=O)(=O)CCCCCCCCC.CCCNCCCCNCCCN. The van der Waals surface area contributed by atoms with E-state index in [4.69, 9.17) is 5.73 Å². The van der Waals surface area contributed by atoms with Crippen LogP contribution in [0.4, 0.5) is 0 Å². The van der Waals surface area contributed by atoms with Crippen molar-refractivity contribution in [1.29, 1.82) is 0 Å². The van der Waals surface area contributed by atoms with Crippen LogP contribution in [0.3, 0.4) is 0 Å². The van der Waals surface area contributed by atoms with Crippen molar-refractivity contribution in [1.82, 2.24) is 25.0 Å². The highest BCUT2D eigenvalue weighted by molar-refractivity contribution is 7.89. The zero-order chi connectivity index (χ0) is 36.0. The van der Waals surface area contributed by atoms with Crippen molar-refractivity contribution in [2.45, 2.75) is 156 Å². The smallest absolute Gasteiger partial charge is 0.211 e. The van der Waals surface area contributed by atoms with E-state index < -0.39 is 20.0 Å². The van der Waals surface area contributed by atoms with Crippen LogP contribution in [0.1, 0.15) is 156 Å². The minimum Gasteiger partial charge on any atom is -0.330 e. The first kappa shape index (κ1) is 49.8. The highest BCUT2D eigenvalue weighted by Crippen LogP contribution is 2.09. The van der Waals surface area contributed by atoms with Gasteiger partial charge in [-0.1, -0.05) is 105 Å². The van der Waals surface area contributed by atoms with E-state index in [0.717, 1.165) is 110 Å². The van der Waals surface area contributed by atoms with E-state index in [0.29, 0.717) is 13.1 Å². The Balaban J connectivity index is 0. The van der Waals surface area contributed by atoms with Crippen LogP contribution in [0.2, 0.25) is 0 Å². The number of nitrogens with zero attached hydrogens (tertiary/aromatic N) is 1. The number of nitrogens with one attached hydrogen (secondary N) is 4. The molecule has 12 heteroatoms. The molecule has 0 spiro atoms. The van der Waals surface area contributed by atoms with Crippen LogP contribution < -0.4 is 25.8 Å². The van der Waals surface area contributed by atoms with E-state index in [9.17, 15) is 16.8 Å². The summed E-state index contributed by atoms with van der Waals surface area (Å²) in [7, 11) is -6.36. The quantitative estimate of drug-likeness (QED) is 0.0481. The lowest BCUT2D eigenvalue weighted by Crippen LogP contribution is -2.33. The van der Waals surface area contributed by atoms with Crippen molar-refractivity contribution in [2.75, 3.05) is 77.0 Å². The molecule has 0 heterocycles. The molecule has 0 aliphatic rings. The predicted octanol–water partition coefficient (Wildman–Crippen LogP) is 6.13. The molecule has 6 N–H and O–H groups in total. The molecular weight excluding hydrogens is 645 g/mol. The van der Waals surface area contributed by atoms with E-state index in [-0.39, 0.29) is 11.5 Å². The Bertz CT molecular complexity index is 781. The summed E-state index contributed by atoms with van der Waals surface area (Å²) in [4.78, 5) is 2.25. The lowest BCUT2D eigenvalue weighted by atomic mass is 10.1. The lowest BCUT2D eigenvalue weighted by molar-refractivity contribution is 0.282. The van der Waals surface area contributed by atoms with Crippen molar-refractivity contribution in [2.24, 2.45) is 5.73 Å². The fourth-order valence-corrected chi connectivity index (χ4v) is 7.65. The zero-order valence-corrected chi connectivity index (χ0v) is 33.7. The van der Waals surface area contributed by atoms with Gasteiger partial charge in [-0.15, -0.1) is 0 Å². The molecule has 0 atom stereocenters. The Morgan fingerprint density at radius 3 is 1.23 bits per heavy atom. The molecule has 0 saturated carbocycles. The van der Waals surface area contributed by atoms with Crippen LogP contribution in [0.25, 0.3) is 0 Å². The summed E-state index contributed by atoms with van der Waals surface area (Å²) < 4.78 is 54.1. The molecule has 0 aromatic rings. The normalized spacial score (nSPS) is 12.0. The fraction of sp³-hybridized carbons (Fsp3) is 1.00. The molecule has 0 bridgehead atoms. The largest absolute Gasteiger partial charge is 0.330 e. The van der Waals surface area contributed by atoms with Gasteiger partial charge >= 0.3 is 0 Å². The van der Waals surface area contributed by atoms with Crippen LogP contribution in [0.5, 0.6) is 0 Å². The van der Waals surface area contributed by atoms with Gasteiger partial charge in [0.25, 0.3) is 0 Å². The molecule has 10 nitrogen and oxygen atoms in total. The Morgan fingerprint density at radius 1 is 0.438 bits per heavy atom. The number of unbranched alkanes of at least 4 members (excludes halogenated alkanes) is 13. The van der Waals surface area contributed by atoms with E-state index in [1.807, 2.05) is 0 Å². The maximum absolute atomic E-state index is 12.1. The van der Waals surface area contributed by atoms with Crippen LogP contribution in [0.15, 0.2) is 0 Å². The molecule has 48 heavy (non-hydrogen) atoms. The number of hydrogen-bond acceptors (Lipinski definition) is 8. The molecule has 0 saturated heterocycles. The van der Waals surface area contributed by atoms with Crippen LogP contribution in [0, 0.1) is 0 Å². The second kappa shape index (κ2) is 37.9. The molecule has 0 fully saturated rings. The zero-order valence-electron chi connectivity index (χ0n) is 32.1. The van der Waals surface area contributed by atoms with Crippen molar-refractivity contribution in [3.05, 3.63) is 0 Å². The minimum atomic E-state index is -3.18. The molecule has 0 amide bonds. The maximum Gasteiger partial charge on any atom is 0.211 e. The topological polar surface area (TPSA) is 146 Å². The van der Waals surface area contributed by atoms with Crippen molar-refractivity contribution in [3.63, 3.8) is 0 Å². The van der Waals surface area contributed by atoms with Gasteiger partial charge in [0.15, 0.2) is 0 Å². The standard InChI is InChI=1S/C26H57N3O4S2.C10H25N3/c1-4-7-9-11-13-15-17-25-34(30,31)27-21-19-23-29(6-3)24-20-22-28-35(32,33)26-18-16-14-12-10-8-5-2;1-2-7-12-8-3-4-9-13-10-5-6-11/h27-28H,4-26H2,1-3H3;12-13H,2-11H2,1H3. The number of nitrogens with two attached hydrogens (primary N) is 1. The van der Waals surface area contributed by atoms with Gasteiger partial charge in [0.1, 0.15) is 0 Å². The molecule has 0 unspecified atom stereocenters. The van der Waals surface area contributed by atoms with Gasteiger partial charge in [-0.05, 0) is 104 Å². The highest BCUT2D eigenvalue weighted by Gasteiger charge is 2.11. The van der Waals surface area contributed by atoms with Crippen LogP contribution >= 0.6 is 0 Å². The molecule has 0 rings (SSSR count). The maximum atomic E-state index is 12.1. The van der Waals surface area contributed by atoms with Crippen molar-refractivity contribution >= 4 is 20.0 Å². The first-order valence-electron chi connectivity index (χ1n) is 20.0. The Morgan fingerprint density at radius 2 is 0.833 bits per heavy atom. The Hall–Kier alpha value is -0.340. The third kappa shape index (κ3) is 40.1. The third-order valence-electron chi connectivity index (χ3n) is 8.37. The van der Waals surface area contributed by atoms with Gasteiger partial charge in [-0.3, -0.25) is 0 Å². The van der Waals surface area contributed by atoms with E-state index in [1.165, 1.54) is 70.6 Å². The third-order valence-corrected chi connectivity index (χ3v) is 11.3. The fourth-order valence-electron chi connectivity index (χ4n) is 5.29. The Kier molecular flexibility index (Phi) is 39.3. The predicted molar refractivity (Wildman–Crippen MR) is 210 cm³/mol. The summed E-state index contributed by atoms with van der Waals surface area (Å²) in [5.74, 6) is 0.439. The van der Waals surface area contributed by atoms with E-state index >= 15 is 0 Å². The molecule has 0 aliphatic heterocycles. The lowest BCUT2D eigenvalue weighted by Gasteiger charge is -2.20. The summed E-state index contributed by atoms with van der Waals surface area (Å²) in [6.07, 6.45) is 22.0. The summed E-state index contributed by atoms with van der Waals surface area (Å²) in [6.45, 7) is 17.4. The molecule has 0 aromatic carbocycles. The first-order chi connectivity index (χ1) is 23.2. The van der Waals surface area contributed by atoms with Gasteiger partial charge in [0, 0.05) is 13.1 Å². The molecular formula is C36H82N6O4S2. The summed E-state index contributed by atoms with van der Waals surface area (Å²) in [6, 6.07) is 0.